The lowest BCUT2D eigenvalue weighted by molar-refractivity contribution is 0.251. The van der Waals surface area contributed by atoms with E-state index in [-0.39, 0.29) is 6.04 Å². The van der Waals surface area contributed by atoms with E-state index in [9.17, 15) is 0 Å². The number of terminal acetylenes is 1. The zero-order valence-electron chi connectivity index (χ0n) is 8.82. The van der Waals surface area contributed by atoms with Gasteiger partial charge in [-0.15, -0.1) is 13.0 Å². The van der Waals surface area contributed by atoms with Crippen molar-refractivity contribution in [3.8, 4) is 12.3 Å². The topological polar surface area (TPSA) is 3.24 Å². The first-order valence-corrected chi connectivity index (χ1v) is 5.25. The fraction of sp³-hybridized carbons (Fsp3) is 0.286. The molecule has 0 aromatic heterocycles. The Morgan fingerprint density at radius 3 is 3.07 bits per heavy atom. The van der Waals surface area contributed by atoms with Crippen LogP contribution in [0.4, 0.5) is 0 Å². The maximum absolute atomic E-state index is 5.61. The number of nitrogens with zero attached hydrogens (tertiary/aromatic N) is 1. The van der Waals surface area contributed by atoms with Crippen LogP contribution in [0.3, 0.4) is 0 Å². The standard InChI is InChI=1S/C14H15N/c1-3-10-15-11-9-12-7-5-6-8-13(12)14(15)4-2/h2-3,5-8,14H,1,9-11H2. The summed E-state index contributed by atoms with van der Waals surface area (Å²) in [6.45, 7) is 5.66. The maximum Gasteiger partial charge on any atom is 0.0973 e. The minimum Gasteiger partial charge on any atom is -0.282 e. The van der Waals surface area contributed by atoms with Crippen LogP contribution < -0.4 is 0 Å². The Hall–Kier alpha value is -1.52. The molecule has 0 saturated carbocycles. The van der Waals surface area contributed by atoms with Gasteiger partial charge in [0.05, 0.1) is 6.04 Å². The van der Waals surface area contributed by atoms with E-state index in [2.05, 4.69) is 41.7 Å². The minimum atomic E-state index is 0.118. The van der Waals surface area contributed by atoms with Crippen molar-refractivity contribution in [1.29, 1.82) is 0 Å². The Balaban J connectivity index is 2.35. The molecule has 1 heterocycles. The second-order valence-electron chi connectivity index (χ2n) is 3.80. The van der Waals surface area contributed by atoms with Gasteiger partial charge in [0.15, 0.2) is 0 Å². The Bertz CT molecular complexity index is 400. The average Bonchev–Trinajstić information content (AvgIpc) is 2.29. The lowest BCUT2D eigenvalue weighted by atomic mass is 9.93. The van der Waals surface area contributed by atoms with E-state index in [1.54, 1.807) is 0 Å². The van der Waals surface area contributed by atoms with Crippen LogP contribution in [0.5, 0.6) is 0 Å². The third-order valence-corrected chi connectivity index (χ3v) is 2.90. The van der Waals surface area contributed by atoms with Gasteiger partial charge in [-0.3, -0.25) is 4.90 Å². The zero-order chi connectivity index (χ0) is 10.7. The van der Waals surface area contributed by atoms with Crippen molar-refractivity contribution in [3.05, 3.63) is 48.0 Å². The molecular formula is C14H15N. The average molecular weight is 197 g/mol. The smallest absolute Gasteiger partial charge is 0.0973 e. The Kier molecular flexibility index (Phi) is 2.89. The molecule has 0 saturated heterocycles. The molecule has 1 aliphatic rings. The summed E-state index contributed by atoms with van der Waals surface area (Å²) in [6, 6.07) is 8.56. The molecule has 2 rings (SSSR count). The molecular weight excluding hydrogens is 182 g/mol. The van der Waals surface area contributed by atoms with Crippen LogP contribution in [0.2, 0.25) is 0 Å². The molecule has 0 spiro atoms. The van der Waals surface area contributed by atoms with Gasteiger partial charge in [0, 0.05) is 13.1 Å². The number of benzene rings is 1. The predicted octanol–water partition coefficient (Wildman–Crippen LogP) is 2.41. The summed E-state index contributed by atoms with van der Waals surface area (Å²) < 4.78 is 0. The molecule has 0 N–H and O–H groups in total. The third kappa shape index (κ3) is 1.82. The van der Waals surface area contributed by atoms with Gasteiger partial charge in [-0.2, -0.15) is 0 Å². The predicted molar refractivity (Wildman–Crippen MR) is 63.5 cm³/mol. The van der Waals surface area contributed by atoms with Gasteiger partial charge in [-0.1, -0.05) is 36.3 Å². The second kappa shape index (κ2) is 4.33. The Morgan fingerprint density at radius 1 is 1.53 bits per heavy atom. The second-order valence-corrected chi connectivity index (χ2v) is 3.80. The van der Waals surface area contributed by atoms with Crippen molar-refractivity contribution in [3.63, 3.8) is 0 Å². The lowest BCUT2D eigenvalue weighted by Crippen LogP contribution is -2.34. The maximum atomic E-state index is 5.61. The summed E-state index contributed by atoms with van der Waals surface area (Å²) in [7, 11) is 0. The van der Waals surface area contributed by atoms with E-state index in [0.29, 0.717) is 0 Å². The van der Waals surface area contributed by atoms with Gasteiger partial charge < -0.3 is 0 Å². The van der Waals surface area contributed by atoms with Gasteiger partial charge in [0.2, 0.25) is 0 Å². The molecule has 0 aliphatic carbocycles. The van der Waals surface area contributed by atoms with Crippen molar-refractivity contribution in [1.82, 2.24) is 4.90 Å². The molecule has 0 amide bonds. The summed E-state index contributed by atoms with van der Waals surface area (Å²) >= 11 is 0. The van der Waals surface area contributed by atoms with Crippen molar-refractivity contribution in [2.45, 2.75) is 12.5 Å². The lowest BCUT2D eigenvalue weighted by Gasteiger charge is -2.33. The molecule has 15 heavy (non-hydrogen) atoms. The molecule has 1 nitrogen and oxygen atoms in total. The van der Waals surface area contributed by atoms with Crippen LogP contribution in [-0.4, -0.2) is 18.0 Å². The van der Waals surface area contributed by atoms with Crippen molar-refractivity contribution in [2.24, 2.45) is 0 Å². The van der Waals surface area contributed by atoms with E-state index in [0.717, 1.165) is 19.5 Å². The first kappa shape index (κ1) is 10.0. The molecule has 76 valence electrons. The van der Waals surface area contributed by atoms with E-state index in [1.165, 1.54) is 11.1 Å². The molecule has 1 unspecified atom stereocenters. The first-order chi connectivity index (χ1) is 7.36. The molecule has 0 radical (unpaired) electrons. The largest absolute Gasteiger partial charge is 0.282 e. The highest BCUT2D eigenvalue weighted by Crippen LogP contribution is 2.28. The zero-order valence-corrected chi connectivity index (χ0v) is 8.82. The van der Waals surface area contributed by atoms with Gasteiger partial charge in [0.1, 0.15) is 0 Å². The molecule has 0 fully saturated rings. The molecule has 1 aromatic carbocycles. The minimum absolute atomic E-state index is 0.118. The van der Waals surface area contributed by atoms with Crippen LogP contribution in [0, 0.1) is 12.3 Å². The quantitative estimate of drug-likeness (QED) is 0.520. The molecule has 1 atom stereocenters. The van der Waals surface area contributed by atoms with E-state index in [1.807, 2.05) is 6.08 Å². The highest BCUT2D eigenvalue weighted by atomic mass is 15.2. The summed E-state index contributed by atoms with van der Waals surface area (Å²) in [5, 5.41) is 0. The van der Waals surface area contributed by atoms with E-state index in [4.69, 9.17) is 6.42 Å². The summed E-state index contributed by atoms with van der Waals surface area (Å²) in [5.74, 6) is 2.87. The summed E-state index contributed by atoms with van der Waals surface area (Å²) in [4.78, 5) is 2.29. The molecule has 1 aliphatic heterocycles. The highest BCUT2D eigenvalue weighted by molar-refractivity contribution is 5.36. The number of hydrogen-bond donors (Lipinski definition) is 0. The van der Waals surface area contributed by atoms with Gasteiger partial charge in [0.25, 0.3) is 0 Å². The molecule has 0 bridgehead atoms. The van der Waals surface area contributed by atoms with Crippen LogP contribution in [0.15, 0.2) is 36.9 Å². The Labute approximate surface area is 91.4 Å². The number of rotatable bonds is 2. The number of hydrogen-bond acceptors (Lipinski definition) is 1. The van der Waals surface area contributed by atoms with Gasteiger partial charge >= 0.3 is 0 Å². The highest BCUT2D eigenvalue weighted by Gasteiger charge is 2.23. The normalized spacial score (nSPS) is 20.3. The van der Waals surface area contributed by atoms with Crippen molar-refractivity contribution in [2.75, 3.05) is 13.1 Å². The van der Waals surface area contributed by atoms with Crippen LogP contribution in [0.25, 0.3) is 0 Å². The van der Waals surface area contributed by atoms with Crippen molar-refractivity contribution < 1.29 is 0 Å². The monoisotopic (exact) mass is 197 g/mol. The van der Waals surface area contributed by atoms with Gasteiger partial charge in [-0.05, 0) is 17.5 Å². The van der Waals surface area contributed by atoms with Gasteiger partial charge in [-0.25, -0.2) is 0 Å². The van der Waals surface area contributed by atoms with Crippen LogP contribution in [-0.2, 0) is 6.42 Å². The summed E-state index contributed by atoms with van der Waals surface area (Å²) in [6.07, 6.45) is 8.61. The molecule has 1 aromatic rings. The Morgan fingerprint density at radius 2 is 2.33 bits per heavy atom. The third-order valence-electron chi connectivity index (χ3n) is 2.90. The van der Waals surface area contributed by atoms with E-state index < -0.39 is 0 Å². The SMILES string of the molecule is C#CC1c2ccccc2CCN1CC=C. The van der Waals surface area contributed by atoms with Crippen LogP contribution in [0.1, 0.15) is 17.2 Å². The van der Waals surface area contributed by atoms with Crippen molar-refractivity contribution >= 4 is 0 Å². The van der Waals surface area contributed by atoms with E-state index >= 15 is 0 Å². The fourth-order valence-corrected chi connectivity index (χ4v) is 2.18. The number of fused-ring (bicyclic) bond motifs is 1. The van der Waals surface area contributed by atoms with Crippen LogP contribution >= 0.6 is 0 Å². The first-order valence-electron chi connectivity index (χ1n) is 5.25. The molecule has 1 heteroatoms. The summed E-state index contributed by atoms with van der Waals surface area (Å²) in [5.41, 5.74) is 2.67. The fourth-order valence-electron chi connectivity index (χ4n) is 2.18.